The normalized spacial score (nSPS) is 11.6. The molecule has 0 aromatic rings. The van der Waals surface area contributed by atoms with Crippen LogP contribution in [0.25, 0.3) is 0 Å². The van der Waals surface area contributed by atoms with Crippen LogP contribution in [0.2, 0.25) is 0 Å². The van der Waals surface area contributed by atoms with Crippen molar-refractivity contribution in [2.45, 2.75) is 53.2 Å². The maximum Gasteiger partial charge on any atom is 0.411 e. The van der Waals surface area contributed by atoms with E-state index in [0.29, 0.717) is 0 Å². The number of hydrogen-bond donors (Lipinski definition) is 0. The minimum atomic E-state index is -0.473. The summed E-state index contributed by atoms with van der Waals surface area (Å²) in [7, 11) is 1.62. The lowest BCUT2D eigenvalue weighted by Gasteiger charge is -2.26. The van der Waals surface area contributed by atoms with Crippen molar-refractivity contribution in [1.29, 1.82) is 0 Å². The van der Waals surface area contributed by atoms with E-state index in [2.05, 4.69) is 5.92 Å². The van der Waals surface area contributed by atoms with Crippen molar-refractivity contribution in [2.75, 3.05) is 7.05 Å². The van der Waals surface area contributed by atoms with Crippen molar-refractivity contribution in [3.63, 3.8) is 0 Å². The highest BCUT2D eigenvalue weighted by Gasteiger charge is 2.21. The molecule has 0 bridgehead atoms. The Morgan fingerprint density at radius 2 is 1.80 bits per heavy atom. The van der Waals surface area contributed by atoms with Gasteiger partial charge in [-0.15, -0.1) is 6.42 Å². The first-order valence-corrected chi connectivity index (χ1v) is 5.20. The first kappa shape index (κ1) is 16.3. The Bertz CT molecular complexity index is 223. The van der Waals surface area contributed by atoms with Crippen LogP contribution in [-0.4, -0.2) is 29.7 Å². The molecule has 0 rings (SSSR count). The molecule has 0 aromatic carbocycles. The fourth-order valence-electron chi connectivity index (χ4n) is 0.604. The van der Waals surface area contributed by atoms with Crippen molar-refractivity contribution in [3.8, 4) is 12.3 Å². The van der Waals surface area contributed by atoms with Gasteiger partial charge in [0.25, 0.3) is 0 Å². The third-order valence-electron chi connectivity index (χ3n) is 1.50. The van der Waals surface area contributed by atoms with Crippen LogP contribution in [0.4, 0.5) is 4.79 Å². The number of carbonyl (C=O) groups is 1. The molecule has 0 fully saturated rings. The summed E-state index contributed by atoms with van der Waals surface area (Å²) in [5.41, 5.74) is -0.473. The topological polar surface area (TPSA) is 29.5 Å². The van der Waals surface area contributed by atoms with Gasteiger partial charge in [-0.3, -0.25) is 4.90 Å². The van der Waals surface area contributed by atoms with Crippen LogP contribution in [0.1, 0.15) is 41.5 Å². The molecule has 0 saturated carbocycles. The zero-order chi connectivity index (χ0) is 12.6. The maximum atomic E-state index is 11.4. The number of carbonyl (C=O) groups excluding carboxylic acids is 1. The molecule has 0 aliphatic rings. The number of terminal acetylenes is 1. The molecular weight excluding hydrogens is 190 g/mol. The van der Waals surface area contributed by atoms with Crippen LogP contribution >= 0.6 is 0 Å². The summed E-state index contributed by atoms with van der Waals surface area (Å²) in [4.78, 5) is 12.8. The number of hydrogen-bond acceptors (Lipinski definition) is 2. The van der Waals surface area contributed by atoms with Gasteiger partial charge in [0.2, 0.25) is 0 Å². The lowest BCUT2D eigenvalue weighted by molar-refractivity contribution is 0.0272. The van der Waals surface area contributed by atoms with Crippen molar-refractivity contribution >= 4 is 6.09 Å². The second kappa shape index (κ2) is 7.17. The second-order valence-corrected chi connectivity index (χ2v) is 3.93. The van der Waals surface area contributed by atoms with Crippen LogP contribution in [0.15, 0.2) is 0 Å². The number of nitrogens with zero attached hydrogens (tertiary/aromatic N) is 1. The summed E-state index contributed by atoms with van der Waals surface area (Å²) in [6, 6.07) is -0.241. The Hall–Kier alpha value is -1.17. The average molecular weight is 213 g/mol. The Kier molecular flexibility index (Phi) is 7.77. The van der Waals surface area contributed by atoms with Crippen LogP contribution in [-0.2, 0) is 4.74 Å². The van der Waals surface area contributed by atoms with E-state index >= 15 is 0 Å². The smallest absolute Gasteiger partial charge is 0.411 e. The molecule has 1 amide bonds. The monoisotopic (exact) mass is 213 g/mol. The number of rotatable bonds is 1. The molecule has 88 valence electrons. The summed E-state index contributed by atoms with van der Waals surface area (Å²) < 4.78 is 5.11. The first-order chi connectivity index (χ1) is 6.78. The largest absolute Gasteiger partial charge is 0.444 e. The van der Waals surface area contributed by atoms with Crippen molar-refractivity contribution in [2.24, 2.45) is 0 Å². The van der Waals surface area contributed by atoms with E-state index in [4.69, 9.17) is 11.2 Å². The van der Waals surface area contributed by atoms with E-state index in [-0.39, 0.29) is 6.04 Å². The highest BCUT2D eigenvalue weighted by molar-refractivity contribution is 5.68. The molecular formula is C12H23NO2. The average Bonchev–Trinajstić information content (AvgIpc) is 2.16. The third-order valence-corrected chi connectivity index (χ3v) is 1.50. The quantitative estimate of drug-likeness (QED) is 0.627. The van der Waals surface area contributed by atoms with E-state index in [0.717, 1.165) is 0 Å². The standard InChI is InChI=1S/C10H17NO2.C2H6/c1-7-8(2)11(6)9(12)13-10(3,4)5;1-2/h1,8H,2-6H3;1-2H3. The molecule has 0 aromatic heterocycles. The fourth-order valence-corrected chi connectivity index (χ4v) is 0.604. The summed E-state index contributed by atoms with van der Waals surface area (Å²) in [5, 5.41) is 0. The minimum Gasteiger partial charge on any atom is -0.444 e. The van der Waals surface area contributed by atoms with Gasteiger partial charge in [0, 0.05) is 7.05 Å². The van der Waals surface area contributed by atoms with E-state index in [1.54, 1.807) is 14.0 Å². The molecule has 0 aliphatic heterocycles. The molecule has 0 spiro atoms. The number of ether oxygens (including phenoxy) is 1. The van der Waals surface area contributed by atoms with Gasteiger partial charge in [-0.2, -0.15) is 0 Å². The van der Waals surface area contributed by atoms with Crippen LogP contribution in [0.3, 0.4) is 0 Å². The zero-order valence-corrected chi connectivity index (χ0v) is 10.9. The van der Waals surface area contributed by atoms with Gasteiger partial charge in [-0.1, -0.05) is 19.8 Å². The Morgan fingerprint density at radius 3 is 2.07 bits per heavy atom. The Labute approximate surface area is 93.8 Å². The highest BCUT2D eigenvalue weighted by Crippen LogP contribution is 2.10. The van der Waals surface area contributed by atoms with E-state index < -0.39 is 11.7 Å². The Balaban J connectivity index is 0. The summed E-state index contributed by atoms with van der Waals surface area (Å²) in [5.74, 6) is 2.46. The minimum absolute atomic E-state index is 0.241. The predicted molar refractivity (Wildman–Crippen MR) is 63.6 cm³/mol. The van der Waals surface area contributed by atoms with Crippen LogP contribution < -0.4 is 0 Å². The maximum absolute atomic E-state index is 11.4. The first-order valence-electron chi connectivity index (χ1n) is 5.20. The van der Waals surface area contributed by atoms with Gasteiger partial charge in [-0.05, 0) is 27.7 Å². The Morgan fingerprint density at radius 1 is 1.40 bits per heavy atom. The molecule has 0 aliphatic carbocycles. The van der Waals surface area contributed by atoms with Gasteiger partial charge < -0.3 is 4.74 Å². The van der Waals surface area contributed by atoms with Crippen molar-refractivity contribution < 1.29 is 9.53 Å². The predicted octanol–water partition coefficient (Wildman–Crippen LogP) is 2.90. The summed E-state index contributed by atoms with van der Waals surface area (Å²) >= 11 is 0. The van der Waals surface area contributed by atoms with Gasteiger partial charge in [0.15, 0.2) is 0 Å². The van der Waals surface area contributed by atoms with E-state index in [9.17, 15) is 4.79 Å². The zero-order valence-electron chi connectivity index (χ0n) is 10.9. The van der Waals surface area contributed by atoms with E-state index in [1.807, 2.05) is 34.6 Å². The second-order valence-electron chi connectivity index (χ2n) is 3.93. The fraction of sp³-hybridized carbons (Fsp3) is 0.750. The number of amides is 1. The molecule has 3 heteroatoms. The van der Waals surface area contributed by atoms with Crippen LogP contribution in [0.5, 0.6) is 0 Å². The SMILES string of the molecule is C#CC(C)N(C)C(=O)OC(C)(C)C.CC. The molecule has 0 heterocycles. The van der Waals surface area contributed by atoms with Crippen molar-refractivity contribution in [3.05, 3.63) is 0 Å². The van der Waals surface area contributed by atoms with Crippen molar-refractivity contribution in [1.82, 2.24) is 4.90 Å². The molecule has 3 nitrogen and oxygen atoms in total. The molecule has 1 atom stereocenters. The molecule has 0 radical (unpaired) electrons. The molecule has 1 unspecified atom stereocenters. The van der Waals surface area contributed by atoms with Gasteiger partial charge in [0.1, 0.15) is 5.60 Å². The lowest BCUT2D eigenvalue weighted by atomic mass is 10.2. The van der Waals surface area contributed by atoms with Crippen LogP contribution in [0, 0.1) is 12.3 Å². The summed E-state index contributed by atoms with van der Waals surface area (Å²) in [6.07, 6.45) is 4.78. The van der Waals surface area contributed by atoms with Gasteiger partial charge >= 0.3 is 6.09 Å². The lowest BCUT2D eigenvalue weighted by Crippen LogP contribution is -2.38. The molecule has 15 heavy (non-hydrogen) atoms. The van der Waals surface area contributed by atoms with Gasteiger partial charge in [0.05, 0.1) is 6.04 Å². The van der Waals surface area contributed by atoms with E-state index in [1.165, 1.54) is 4.90 Å². The molecule has 0 saturated heterocycles. The molecule has 0 N–H and O–H groups in total. The highest BCUT2D eigenvalue weighted by atomic mass is 16.6. The summed E-state index contributed by atoms with van der Waals surface area (Å²) in [6.45, 7) is 11.2. The van der Waals surface area contributed by atoms with Gasteiger partial charge in [-0.25, -0.2) is 4.79 Å². The third kappa shape index (κ3) is 7.87.